The third kappa shape index (κ3) is 4.08. The Hall–Kier alpha value is -1.32. The molecule has 0 saturated carbocycles. The van der Waals surface area contributed by atoms with Crippen LogP contribution in [0.25, 0.3) is 10.9 Å². The second-order valence-corrected chi connectivity index (χ2v) is 4.89. The van der Waals surface area contributed by atoms with Crippen LogP contribution in [0.3, 0.4) is 0 Å². The van der Waals surface area contributed by atoms with Crippen molar-refractivity contribution in [2.75, 3.05) is 13.2 Å². The molecule has 1 heterocycles. The van der Waals surface area contributed by atoms with E-state index in [0.717, 1.165) is 42.3 Å². The first-order valence-electron chi connectivity index (χ1n) is 6.59. The fourth-order valence-corrected chi connectivity index (χ4v) is 2.14. The van der Waals surface area contributed by atoms with Gasteiger partial charge in [-0.1, -0.05) is 18.0 Å². The number of benzene rings is 1. The first-order chi connectivity index (χ1) is 9.31. The van der Waals surface area contributed by atoms with Crippen LogP contribution in [0, 0.1) is 0 Å². The molecule has 2 aromatic rings. The number of unbranched alkanes of at least 4 members (excludes halogenated alkanes) is 3. The van der Waals surface area contributed by atoms with Crippen molar-refractivity contribution in [2.45, 2.75) is 25.7 Å². The Labute approximate surface area is 118 Å². The average Bonchev–Trinajstić information content (AvgIpc) is 2.42. The predicted octanol–water partition coefficient (Wildman–Crippen LogP) is 3.82. The molecular weight excluding hydrogens is 262 g/mol. The molecule has 0 aliphatic carbocycles. The summed E-state index contributed by atoms with van der Waals surface area (Å²) in [5.74, 6) is 0.851. The van der Waals surface area contributed by atoms with Crippen molar-refractivity contribution in [1.29, 1.82) is 0 Å². The molecular formula is C15H18ClNO2. The molecule has 19 heavy (non-hydrogen) atoms. The zero-order valence-corrected chi connectivity index (χ0v) is 11.6. The first kappa shape index (κ1) is 14.1. The van der Waals surface area contributed by atoms with Crippen LogP contribution in [0.4, 0.5) is 0 Å². The minimum atomic E-state index is 0.274. The normalized spacial score (nSPS) is 10.8. The Balaban J connectivity index is 1.93. The molecule has 0 amide bonds. The number of fused-ring (bicyclic) bond motifs is 1. The lowest BCUT2D eigenvalue weighted by Crippen LogP contribution is -1.98. The highest BCUT2D eigenvalue weighted by Gasteiger charge is 2.03. The number of pyridine rings is 1. The van der Waals surface area contributed by atoms with Crippen molar-refractivity contribution in [3.8, 4) is 5.75 Å². The zero-order valence-electron chi connectivity index (χ0n) is 10.8. The Morgan fingerprint density at radius 1 is 1.11 bits per heavy atom. The van der Waals surface area contributed by atoms with E-state index in [4.69, 9.17) is 21.4 Å². The topological polar surface area (TPSA) is 42.4 Å². The molecule has 0 saturated heterocycles. The van der Waals surface area contributed by atoms with Crippen LogP contribution in [-0.4, -0.2) is 23.3 Å². The first-order valence-corrected chi connectivity index (χ1v) is 6.97. The molecule has 0 spiro atoms. The highest BCUT2D eigenvalue weighted by molar-refractivity contribution is 6.31. The molecule has 2 rings (SSSR count). The lowest BCUT2D eigenvalue weighted by molar-refractivity contribution is 0.274. The molecule has 0 radical (unpaired) electrons. The van der Waals surface area contributed by atoms with E-state index in [1.165, 1.54) is 0 Å². The Kier molecular flexibility index (Phi) is 5.43. The van der Waals surface area contributed by atoms with Gasteiger partial charge in [0, 0.05) is 23.2 Å². The minimum Gasteiger partial charge on any atom is -0.493 e. The predicted molar refractivity (Wildman–Crippen MR) is 77.8 cm³/mol. The van der Waals surface area contributed by atoms with E-state index in [0.29, 0.717) is 11.6 Å². The highest BCUT2D eigenvalue weighted by Crippen LogP contribution is 2.26. The quantitative estimate of drug-likeness (QED) is 0.784. The number of nitrogens with zero attached hydrogens (tertiary/aromatic N) is 1. The summed E-state index contributed by atoms with van der Waals surface area (Å²) < 4.78 is 5.79. The molecule has 4 heteroatoms. The summed E-state index contributed by atoms with van der Waals surface area (Å²) in [5, 5.41) is 10.4. The lowest BCUT2D eigenvalue weighted by Gasteiger charge is -2.09. The van der Waals surface area contributed by atoms with Crippen LogP contribution < -0.4 is 4.74 Å². The van der Waals surface area contributed by atoms with Gasteiger partial charge >= 0.3 is 0 Å². The molecule has 1 aromatic carbocycles. The molecule has 0 atom stereocenters. The number of aliphatic hydroxyl groups excluding tert-OH is 1. The fraction of sp³-hybridized carbons (Fsp3) is 0.400. The molecule has 1 aromatic heterocycles. The van der Waals surface area contributed by atoms with Crippen molar-refractivity contribution < 1.29 is 9.84 Å². The van der Waals surface area contributed by atoms with Crippen LogP contribution in [0.1, 0.15) is 25.7 Å². The van der Waals surface area contributed by atoms with Crippen molar-refractivity contribution in [1.82, 2.24) is 4.98 Å². The van der Waals surface area contributed by atoms with Gasteiger partial charge < -0.3 is 9.84 Å². The van der Waals surface area contributed by atoms with Crippen LogP contribution in [0.2, 0.25) is 5.02 Å². The number of aliphatic hydroxyl groups is 1. The Morgan fingerprint density at radius 3 is 2.79 bits per heavy atom. The molecule has 102 valence electrons. The number of aromatic nitrogens is 1. The van der Waals surface area contributed by atoms with Gasteiger partial charge in [-0.2, -0.15) is 0 Å². The standard InChI is InChI=1S/C15H18ClNO2/c16-12-5-6-13-14(11-12)17-8-7-15(13)19-10-4-2-1-3-9-18/h5-8,11,18H,1-4,9-10H2. The molecule has 0 unspecified atom stereocenters. The van der Waals surface area contributed by atoms with E-state index in [-0.39, 0.29) is 6.61 Å². The van der Waals surface area contributed by atoms with Crippen molar-refractivity contribution in [3.05, 3.63) is 35.5 Å². The number of hydrogen-bond donors (Lipinski definition) is 1. The van der Waals surface area contributed by atoms with Crippen LogP contribution in [0.5, 0.6) is 5.75 Å². The number of rotatable bonds is 7. The second-order valence-electron chi connectivity index (χ2n) is 4.46. The van der Waals surface area contributed by atoms with Gasteiger partial charge in [0.25, 0.3) is 0 Å². The Bertz CT molecular complexity index is 531. The number of halogens is 1. The SMILES string of the molecule is OCCCCCCOc1ccnc2cc(Cl)ccc12. The van der Waals surface area contributed by atoms with E-state index < -0.39 is 0 Å². The maximum atomic E-state index is 8.69. The summed E-state index contributed by atoms with van der Waals surface area (Å²) in [6.07, 6.45) is 5.73. The highest BCUT2D eigenvalue weighted by atomic mass is 35.5. The summed E-state index contributed by atoms with van der Waals surface area (Å²) in [4.78, 5) is 4.28. The summed E-state index contributed by atoms with van der Waals surface area (Å²) in [6.45, 7) is 0.962. The monoisotopic (exact) mass is 279 g/mol. The molecule has 0 aliphatic heterocycles. The van der Waals surface area contributed by atoms with Crippen LogP contribution in [0.15, 0.2) is 30.5 Å². The average molecular weight is 280 g/mol. The third-order valence-corrected chi connectivity index (χ3v) is 3.21. The summed E-state index contributed by atoms with van der Waals surface area (Å²) in [6, 6.07) is 7.50. The smallest absolute Gasteiger partial charge is 0.130 e. The van der Waals surface area contributed by atoms with Gasteiger partial charge in [-0.15, -0.1) is 0 Å². The fourth-order valence-electron chi connectivity index (χ4n) is 1.97. The van der Waals surface area contributed by atoms with Gasteiger partial charge in [0.2, 0.25) is 0 Å². The minimum absolute atomic E-state index is 0.274. The van der Waals surface area contributed by atoms with Gasteiger partial charge in [-0.25, -0.2) is 0 Å². The van der Waals surface area contributed by atoms with Gasteiger partial charge in [0.15, 0.2) is 0 Å². The van der Waals surface area contributed by atoms with Crippen molar-refractivity contribution in [3.63, 3.8) is 0 Å². The zero-order chi connectivity index (χ0) is 13.5. The van der Waals surface area contributed by atoms with E-state index in [9.17, 15) is 0 Å². The van der Waals surface area contributed by atoms with Crippen LogP contribution in [-0.2, 0) is 0 Å². The van der Waals surface area contributed by atoms with Gasteiger partial charge in [0.1, 0.15) is 5.75 Å². The van der Waals surface area contributed by atoms with Crippen LogP contribution >= 0.6 is 11.6 Å². The molecule has 0 aliphatic rings. The molecule has 0 bridgehead atoms. The van der Waals surface area contributed by atoms with Gasteiger partial charge in [-0.05, 0) is 43.5 Å². The van der Waals surface area contributed by atoms with Crippen molar-refractivity contribution in [2.24, 2.45) is 0 Å². The van der Waals surface area contributed by atoms with Crippen molar-refractivity contribution >= 4 is 22.5 Å². The van der Waals surface area contributed by atoms with E-state index >= 15 is 0 Å². The maximum Gasteiger partial charge on any atom is 0.130 e. The largest absolute Gasteiger partial charge is 0.493 e. The number of hydrogen-bond acceptors (Lipinski definition) is 3. The lowest BCUT2D eigenvalue weighted by atomic mass is 10.2. The molecule has 1 N–H and O–H groups in total. The summed E-state index contributed by atoms with van der Waals surface area (Å²) >= 11 is 5.95. The summed E-state index contributed by atoms with van der Waals surface area (Å²) in [7, 11) is 0. The van der Waals surface area contributed by atoms with Gasteiger partial charge in [0.05, 0.1) is 12.1 Å². The van der Waals surface area contributed by atoms with E-state index in [2.05, 4.69) is 4.98 Å². The third-order valence-electron chi connectivity index (χ3n) is 2.97. The van der Waals surface area contributed by atoms with Gasteiger partial charge in [-0.3, -0.25) is 4.98 Å². The molecule has 3 nitrogen and oxygen atoms in total. The Morgan fingerprint density at radius 2 is 1.95 bits per heavy atom. The maximum absolute atomic E-state index is 8.69. The van der Waals surface area contributed by atoms with E-state index in [1.807, 2.05) is 24.3 Å². The molecule has 0 fully saturated rings. The number of ether oxygens (including phenoxy) is 1. The van der Waals surface area contributed by atoms with E-state index in [1.54, 1.807) is 6.20 Å². The second kappa shape index (κ2) is 7.31. The summed E-state index contributed by atoms with van der Waals surface area (Å²) in [5.41, 5.74) is 0.852.